The normalized spacial score (nSPS) is 21.2. The third-order valence-corrected chi connectivity index (χ3v) is 2.85. The van der Waals surface area contributed by atoms with Crippen molar-refractivity contribution in [3.8, 4) is 0 Å². The SMILES string of the molecule is CC(C)(C)NCCC(=O)NCC1CCCOC1. The van der Waals surface area contributed by atoms with Crippen molar-refractivity contribution in [1.82, 2.24) is 10.6 Å². The van der Waals surface area contributed by atoms with Gasteiger partial charge in [-0.25, -0.2) is 0 Å². The van der Waals surface area contributed by atoms with Crippen molar-refractivity contribution in [1.29, 1.82) is 0 Å². The summed E-state index contributed by atoms with van der Waals surface area (Å²) in [5, 5.41) is 6.28. The van der Waals surface area contributed by atoms with Gasteiger partial charge in [0.25, 0.3) is 0 Å². The quantitative estimate of drug-likeness (QED) is 0.764. The van der Waals surface area contributed by atoms with Crippen molar-refractivity contribution in [3.05, 3.63) is 0 Å². The lowest BCUT2D eigenvalue weighted by molar-refractivity contribution is -0.121. The van der Waals surface area contributed by atoms with Gasteiger partial charge in [-0.05, 0) is 39.5 Å². The molecule has 0 bridgehead atoms. The Morgan fingerprint density at radius 3 is 2.76 bits per heavy atom. The van der Waals surface area contributed by atoms with Crippen LogP contribution in [0.2, 0.25) is 0 Å². The van der Waals surface area contributed by atoms with E-state index in [-0.39, 0.29) is 11.4 Å². The second-order valence-corrected chi connectivity index (χ2v) is 5.81. The van der Waals surface area contributed by atoms with Gasteiger partial charge in [0.2, 0.25) is 5.91 Å². The van der Waals surface area contributed by atoms with Gasteiger partial charge >= 0.3 is 0 Å². The summed E-state index contributed by atoms with van der Waals surface area (Å²) in [6.07, 6.45) is 2.83. The smallest absolute Gasteiger partial charge is 0.221 e. The van der Waals surface area contributed by atoms with Gasteiger partial charge in [0.15, 0.2) is 0 Å². The lowest BCUT2D eigenvalue weighted by atomic mass is 10.0. The van der Waals surface area contributed by atoms with Gasteiger partial charge in [0.05, 0.1) is 6.61 Å². The fourth-order valence-corrected chi connectivity index (χ4v) is 1.87. The molecule has 1 fully saturated rings. The van der Waals surface area contributed by atoms with E-state index in [4.69, 9.17) is 4.74 Å². The summed E-state index contributed by atoms with van der Waals surface area (Å²) < 4.78 is 5.38. The summed E-state index contributed by atoms with van der Waals surface area (Å²) in [4.78, 5) is 11.6. The Labute approximate surface area is 104 Å². The second-order valence-electron chi connectivity index (χ2n) is 5.81. The molecule has 0 radical (unpaired) electrons. The van der Waals surface area contributed by atoms with Gasteiger partial charge in [0.1, 0.15) is 0 Å². The minimum atomic E-state index is 0.0808. The molecule has 2 N–H and O–H groups in total. The molecule has 1 rings (SSSR count). The summed E-state index contributed by atoms with van der Waals surface area (Å²) in [6.45, 7) is 9.46. The molecule has 0 aromatic carbocycles. The first kappa shape index (κ1) is 14.5. The zero-order valence-electron chi connectivity index (χ0n) is 11.3. The molecule has 0 aliphatic carbocycles. The van der Waals surface area contributed by atoms with Crippen LogP contribution in [0.25, 0.3) is 0 Å². The third-order valence-electron chi connectivity index (χ3n) is 2.85. The molecule has 1 atom stereocenters. The van der Waals surface area contributed by atoms with Crippen LogP contribution in [0.4, 0.5) is 0 Å². The monoisotopic (exact) mass is 242 g/mol. The molecule has 1 saturated heterocycles. The Hall–Kier alpha value is -0.610. The predicted octanol–water partition coefficient (Wildman–Crippen LogP) is 1.31. The number of amides is 1. The van der Waals surface area contributed by atoms with Crippen molar-refractivity contribution in [3.63, 3.8) is 0 Å². The van der Waals surface area contributed by atoms with Gasteiger partial charge in [0, 0.05) is 31.7 Å². The van der Waals surface area contributed by atoms with Crippen LogP contribution in [0.3, 0.4) is 0 Å². The van der Waals surface area contributed by atoms with E-state index < -0.39 is 0 Å². The largest absolute Gasteiger partial charge is 0.381 e. The van der Waals surface area contributed by atoms with Crippen LogP contribution in [0.5, 0.6) is 0 Å². The van der Waals surface area contributed by atoms with Crippen molar-refractivity contribution in [2.24, 2.45) is 5.92 Å². The van der Waals surface area contributed by atoms with E-state index in [9.17, 15) is 4.79 Å². The molecule has 1 amide bonds. The van der Waals surface area contributed by atoms with Crippen LogP contribution < -0.4 is 10.6 Å². The number of carbonyl (C=O) groups excluding carboxylic acids is 1. The van der Waals surface area contributed by atoms with E-state index in [0.717, 1.165) is 32.7 Å². The van der Waals surface area contributed by atoms with Gasteiger partial charge < -0.3 is 15.4 Å². The van der Waals surface area contributed by atoms with Crippen LogP contribution in [0.1, 0.15) is 40.0 Å². The molecule has 17 heavy (non-hydrogen) atoms. The fourth-order valence-electron chi connectivity index (χ4n) is 1.87. The Kier molecular flexibility index (Phi) is 5.92. The Morgan fingerprint density at radius 2 is 2.18 bits per heavy atom. The topological polar surface area (TPSA) is 50.4 Å². The second kappa shape index (κ2) is 6.97. The van der Waals surface area contributed by atoms with Crippen LogP contribution in [-0.4, -0.2) is 37.7 Å². The van der Waals surface area contributed by atoms with Gasteiger partial charge in [-0.15, -0.1) is 0 Å². The number of hydrogen-bond donors (Lipinski definition) is 2. The van der Waals surface area contributed by atoms with Crippen LogP contribution in [-0.2, 0) is 9.53 Å². The number of ether oxygens (including phenoxy) is 1. The molecule has 0 saturated carbocycles. The maximum Gasteiger partial charge on any atom is 0.221 e. The van der Waals surface area contributed by atoms with E-state index in [1.807, 2.05) is 0 Å². The molecule has 4 heteroatoms. The lowest BCUT2D eigenvalue weighted by Gasteiger charge is -2.23. The number of nitrogens with one attached hydrogen (secondary N) is 2. The summed E-state index contributed by atoms with van der Waals surface area (Å²) in [5.74, 6) is 0.635. The van der Waals surface area contributed by atoms with Gasteiger partial charge in [-0.1, -0.05) is 0 Å². The standard InChI is InChI=1S/C13H26N2O2/c1-13(2,3)15-7-6-12(16)14-9-11-5-4-8-17-10-11/h11,15H,4-10H2,1-3H3,(H,14,16). The molecule has 1 aliphatic rings. The first-order valence-electron chi connectivity index (χ1n) is 6.57. The Balaban J connectivity index is 2.04. The highest BCUT2D eigenvalue weighted by Gasteiger charge is 2.15. The van der Waals surface area contributed by atoms with Crippen molar-refractivity contribution >= 4 is 5.91 Å². The van der Waals surface area contributed by atoms with Gasteiger partial charge in [-0.2, -0.15) is 0 Å². The average molecular weight is 242 g/mol. The number of carbonyl (C=O) groups is 1. The average Bonchev–Trinajstić information content (AvgIpc) is 2.26. The maximum atomic E-state index is 11.6. The Bertz CT molecular complexity index is 230. The minimum Gasteiger partial charge on any atom is -0.381 e. The highest BCUT2D eigenvalue weighted by molar-refractivity contribution is 5.76. The molecule has 100 valence electrons. The van der Waals surface area contributed by atoms with E-state index in [0.29, 0.717) is 12.3 Å². The van der Waals surface area contributed by atoms with Gasteiger partial charge in [-0.3, -0.25) is 4.79 Å². The molecule has 0 aromatic heterocycles. The first-order valence-corrected chi connectivity index (χ1v) is 6.57. The third kappa shape index (κ3) is 7.34. The predicted molar refractivity (Wildman–Crippen MR) is 68.9 cm³/mol. The Morgan fingerprint density at radius 1 is 1.41 bits per heavy atom. The van der Waals surface area contributed by atoms with Crippen molar-refractivity contribution < 1.29 is 9.53 Å². The highest BCUT2D eigenvalue weighted by atomic mass is 16.5. The van der Waals surface area contributed by atoms with Crippen molar-refractivity contribution in [2.75, 3.05) is 26.3 Å². The van der Waals surface area contributed by atoms with E-state index in [2.05, 4.69) is 31.4 Å². The summed E-state index contributed by atoms with van der Waals surface area (Å²) in [7, 11) is 0. The van der Waals surface area contributed by atoms with Crippen LogP contribution >= 0.6 is 0 Å². The highest BCUT2D eigenvalue weighted by Crippen LogP contribution is 2.12. The van der Waals surface area contributed by atoms with E-state index >= 15 is 0 Å². The van der Waals surface area contributed by atoms with Crippen LogP contribution in [0.15, 0.2) is 0 Å². The van der Waals surface area contributed by atoms with E-state index in [1.165, 1.54) is 6.42 Å². The molecule has 4 nitrogen and oxygen atoms in total. The summed E-state index contributed by atoms with van der Waals surface area (Å²) in [6, 6.07) is 0. The molecule has 0 aromatic rings. The molecule has 1 heterocycles. The number of rotatable bonds is 5. The summed E-state index contributed by atoms with van der Waals surface area (Å²) in [5.41, 5.74) is 0.0808. The molecular weight excluding hydrogens is 216 g/mol. The summed E-state index contributed by atoms with van der Waals surface area (Å²) >= 11 is 0. The number of hydrogen-bond acceptors (Lipinski definition) is 3. The molecule has 1 aliphatic heterocycles. The zero-order chi connectivity index (χ0) is 12.7. The molecule has 0 spiro atoms. The van der Waals surface area contributed by atoms with E-state index in [1.54, 1.807) is 0 Å². The molecular formula is C13H26N2O2. The maximum absolute atomic E-state index is 11.6. The fraction of sp³-hybridized carbons (Fsp3) is 0.923. The van der Waals surface area contributed by atoms with Crippen molar-refractivity contribution in [2.45, 2.75) is 45.6 Å². The lowest BCUT2D eigenvalue weighted by Crippen LogP contribution is -2.39. The zero-order valence-corrected chi connectivity index (χ0v) is 11.3. The first-order chi connectivity index (χ1) is 7.97. The molecule has 1 unspecified atom stereocenters. The van der Waals surface area contributed by atoms with Crippen LogP contribution in [0, 0.1) is 5.92 Å². The minimum absolute atomic E-state index is 0.0808.